The molecule has 0 heterocycles. The lowest BCUT2D eigenvalue weighted by molar-refractivity contribution is 0.584. The van der Waals surface area contributed by atoms with Gasteiger partial charge in [0, 0.05) is 5.56 Å². The maximum atomic E-state index is 13.1. The second-order valence-corrected chi connectivity index (χ2v) is 3.45. The zero-order chi connectivity index (χ0) is 8.72. The van der Waals surface area contributed by atoms with Crippen molar-refractivity contribution < 1.29 is 8.78 Å². The maximum Gasteiger partial charge on any atom is 0.128 e. The van der Waals surface area contributed by atoms with Gasteiger partial charge in [-0.3, -0.25) is 0 Å². The third kappa shape index (κ3) is 1.02. The molecule has 0 aliphatic heterocycles. The molecule has 2 rings (SSSR count). The van der Waals surface area contributed by atoms with Crippen LogP contribution in [0.25, 0.3) is 0 Å². The summed E-state index contributed by atoms with van der Waals surface area (Å²) in [6, 6.07) is 2.29. The van der Waals surface area contributed by atoms with E-state index in [1.54, 1.807) is 0 Å². The summed E-state index contributed by atoms with van der Waals surface area (Å²) in [5, 5.41) is -0.351. The first-order valence-electron chi connectivity index (χ1n) is 3.81. The molecule has 1 aliphatic carbocycles. The molecule has 1 aliphatic rings. The molecule has 3 heteroatoms. The molecule has 1 atom stereocenters. The molecule has 0 radical (unpaired) electrons. The largest absolute Gasteiger partial charge is 0.207 e. The van der Waals surface area contributed by atoms with E-state index in [0.717, 1.165) is 12.1 Å². The van der Waals surface area contributed by atoms with Crippen LogP contribution in [-0.4, -0.2) is 0 Å². The van der Waals surface area contributed by atoms with Crippen molar-refractivity contribution in [3.05, 3.63) is 34.9 Å². The van der Waals surface area contributed by atoms with E-state index in [-0.39, 0.29) is 17.0 Å². The van der Waals surface area contributed by atoms with Crippen LogP contribution in [0.15, 0.2) is 12.1 Å². The summed E-state index contributed by atoms with van der Waals surface area (Å²) in [5.41, 5.74) is 0.812. The van der Waals surface area contributed by atoms with Crippen molar-refractivity contribution >= 4 is 11.6 Å². The van der Waals surface area contributed by atoms with Gasteiger partial charge in [0.05, 0.1) is 5.38 Å². The lowest BCUT2D eigenvalue weighted by Crippen LogP contribution is -1.93. The van der Waals surface area contributed by atoms with Crippen molar-refractivity contribution in [1.29, 1.82) is 0 Å². The lowest BCUT2D eigenvalue weighted by atomic mass is 10.1. The Kier molecular flexibility index (Phi) is 1.80. The molecule has 0 unspecified atom stereocenters. The first-order chi connectivity index (χ1) is 5.70. The van der Waals surface area contributed by atoms with E-state index in [1.165, 1.54) is 0 Å². The second kappa shape index (κ2) is 2.70. The molecule has 0 saturated heterocycles. The molecule has 0 saturated carbocycles. The van der Waals surface area contributed by atoms with Gasteiger partial charge in [-0.25, -0.2) is 8.78 Å². The molecule has 0 bridgehead atoms. The quantitative estimate of drug-likeness (QED) is 0.549. The zero-order valence-electron chi connectivity index (χ0n) is 6.28. The molecular weight excluding hydrogens is 182 g/mol. The summed E-state index contributed by atoms with van der Waals surface area (Å²) in [7, 11) is 0. The van der Waals surface area contributed by atoms with Gasteiger partial charge >= 0.3 is 0 Å². The second-order valence-electron chi connectivity index (χ2n) is 2.93. The third-order valence-electron chi connectivity index (χ3n) is 2.21. The molecule has 64 valence electrons. The Morgan fingerprint density at radius 1 is 1.25 bits per heavy atom. The molecule has 1 aromatic carbocycles. The highest BCUT2D eigenvalue weighted by Gasteiger charge is 2.26. The number of alkyl halides is 1. The van der Waals surface area contributed by atoms with E-state index < -0.39 is 0 Å². The Hall–Kier alpha value is -0.630. The van der Waals surface area contributed by atoms with Crippen LogP contribution >= 0.6 is 11.6 Å². The molecule has 0 aromatic heterocycles. The monoisotopic (exact) mass is 188 g/mol. The molecule has 1 aromatic rings. The predicted octanol–water partition coefficient (Wildman–Crippen LogP) is 3.19. The fraction of sp³-hybridized carbons (Fsp3) is 0.333. The zero-order valence-corrected chi connectivity index (χ0v) is 7.04. The van der Waals surface area contributed by atoms with Crippen molar-refractivity contribution in [2.45, 2.75) is 18.2 Å². The van der Waals surface area contributed by atoms with Crippen LogP contribution < -0.4 is 0 Å². The summed E-state index contributed by atoms with van der Waals surface area (Å²) in [6.45, 7) is 0. The van der Waals surface area contributed by atoms with Gasteiger partial charge in [-0.05, 0) is 30.5 Å². The highest BCUT2D eigenvalue weighted by molar-refractivity contribution is 6.21. The Labute approximate surface area is 74.2 Å². The summed E-state index contributed by atoms with van der Waals surface area (Å²) in [5.74, 6) is -0.724. The minimum Gasteiger partial charge on any atom is -0.207 e. The smallest absolute Gasteiger partial charge is 0.128 e. The van der Waals surface area contributed by atoms with E-state index >= 15 is 0 Å². The van der Waals surface area contributed by atoms with Crippen molar-refractivity contribution in [2.75, 3.05) is 0 Å². The highest BCUT2D eigenvalue weighted by atomic mass is 35.5. The first-order valence-corrected chi connectivity index (χ1v) is 4.24. The van der Waals surface area contributed by atoms with Gasteiger partial charge in [0.15, 0.2) is 0 Å². The maximum absolute atomic E-state index is 13.1. The van der Waals surface area contributed by atoms with Crippen LogP contribution in [0.2, 0.25) is 0 Å². The van der Waals surface area contributed by atoms with E-state index in [4.69, 9.17) is 11.6 Å². The molecule has 0 N–H and O–H groups in total. The van der Waals surface area contributed by atoms with Crippen LogP contribution in [0.3, 0.4) is 0 Å². The van der Waals surface area contributed by atoms with Crippen molar-refractivity contribution in [1.82, 2.24) is 0 Å². The van der Waals surface area contributed by atoms with Crippen LogP contribution in [0.5, 0.6) is 0 Å². The van der Waals surface area contributed by atoms with Crippen LogP contribution in [0, 0.1) is 11.6 Å². The van der Waals surface area contributed by atoms with Crippen molar-refractivity contribution in [3.8, 4) is 0 Å². The van der Waals surface area contributed by atoms with Crippen LogP contribution in [-0.2, 0) is 6.42 Å². The molecule has 0 amide bonds. The number of fused-ring (bicyclic) bond motifs is 1. The minimum absolute atomic E-state index is 0.338. The minimum atomic E-state index is -0.385. The normalized spacial score (nSPS) is 21.1. The van der Waals surface area contributed by atoms with Gasteiger partial charge in [0.25, 0.3) is 0 Å². The van der Waals surface area contributed by atoms with Crippen LogP contribution in [0.1, 0.15) is 22.9 Å². The van der Waals surface area contributed by atoms with E-state index in [2.05, 4.69) is 0 Å². The topological polar surface area (TPSA) is 0 Å². The Morgan fingerprint density at radius 3 is 2.58 bits per heavy atom. The summed E-state index contributed by atoms with van der Waals surface area (Å²) >= 11 is 5.81. The molecule has 0 fully saturated rings. The third-order valence-corrected chi connectivity index (χ3v) is 2.64. The Balaban J connectivity index is 2.64. The van der Waals surface area contributed by atoms with Gasteiger partial charge < -0.3 is 0 Å². The SMILES string of the molecule is Fc1ccc(F)c2c1CC[C@H]2Cl. The molecular formula is C9H7ClF2. The van der Waals surface area contributed by atoms with Gasteiger partial charge in [-0.2, -0.15) is 0 Å². The first kappa shape index (κ1) is 7.99. The average Bonchev–Trinajstić information content (AvgIpc) is 2.42. The van der Waals surface area contributed by atoms with Crippen molar-refractivity contribution in [2.24, 2.45) is 0 Å². The number of hydrogen-bond acceptors (Lipinski definition) is 0. The number of halogens is 3. The van der Waals surface area contributed by atoms with Crippen molar-refractivity contribution in [3.63, 3.8) is 0 Å². The predicted molar refractivity (Wildman–Crippen MR) is 43.3 cm³/mol. The molecule has 0 spiro atoms. The van der Waals surface area contributed by atoms with Gasteiger partial charge in [-0.1, -0.05) is 0 Å². The summed E-state index contributed by atoms with van der Waals surface area (Å²) in [4.78, 5) is 0. The Bertz CT molecular complexity index is 323. The summed E-state index contributed by atoms with van der Waals surface area (Å²) in [6.07, 6.45) is 1.18. The Morgan fingerprint density at radius 2 is 1.92 bits per heavy atom. The van der Waals surface area contributed by atoms with E-state index in [1.807, 2.05) is 0 Å². The van der Waals surface area contributed by atoms with Crippen LogP contribution in [0.4, 0.5) is 8.78 Å². The fourth-order valence-corrected chi connectivity index (χ4v) is 1.96. The van der Waals surface area contributed by atoms with Gasteiger partial charge in [0.1, 0.15) is 11.6 Å². The number of benzene rings is 1. The summed E-state index contributed by atoms with van der Waals surface area (Å²) < 4.78 is 26.1. The molecule has 12 heavy (non-hydrogen) atoms. The standard InChI is InChI=1S/C9H7ClF2/c10-6-2-1-5-7(11)3-4-8(12)9(5)6/h3-4,6H,1-2H2/t6-/m1/s1. The fourth-order valence-electron chi connectivity index (χ4n) is 1.62. The molecule has 0 nitrogen and oxygen atoms in total. The van der Waals surface area contributed by atoms with Gasteiger partial charge in [-0.15, -0.1) is 11.6 Å². The van der Waals surface area contributed by atoms with E-state index in [9.17, 15) is 8.78 Å². The highest BCUT2D eigenvalue weighted by Crippen LogP contribution is 2.38. The lowest BCUT2D eigenvalue weighted by Gasteiger charge is -2.04. The van der Waals surface area contributed by atoms with E-state index in [0.29, 0.717) is 24.0 Å². The average molecular weight is 189 g/mol. The number of hydrogen-bond donors (Lipinski definition) is 0. The number of rotatable bonds is 0. The van der Waals surface area contributed by atoms with Gasteiger partial charge in [0.2, 0.25) is 0 Å².